The Kier molecular flexibility index (Phi) is 7.47. The van der Waals surface area contributed by atoms with Gasteiger partial charge in [0.25, 0.3) is 0 Å². The van der Waals surface area contributed by atoms with Gasteiger partial charge in [-0.2, -0.15) is 0 Å². The van der Waals surface area contributed by atoms with Crippen molar-refractivity contribution in [1.29, 1.82) is 0 Å². The topological polar surface area (TPSA) is 72.8 Å². The van der Waals surface area contributed by atoms with Crippen LogP contribution in [0.2, 0.25) is 5.02 Å². The molecule has 7 heteroatoms. The third-order valence-corrected chi connectivity index (χ3v) is 8.49. The van der Waals surface area contributed by atoms with Gasteiger partial charge in [0.15, 0.2) is 9.84 Å². The van der Waals surface area contributed by atoms with Crippen molar-refractivity contribution < 1.29 is 23.0 Å². The second-order valence-electron chi connectivity index (χ2n) is 8.58. The Morgan fingerprint density at radius 2 is 2.00 bits per heavy atom. The van der Waals surface area contributed by atoms with Crippen LogP contribution in [0.3, 0.4) is 0 Å². The molecule has 2 aliphatic heterocycles. The molecule has 0 radical (unpaired) electrons. The summed E-state index contributed by atoms with van der Waals surface area (Å²) in [6, 6.07) is 14.4. The molecule has 0 amide bonds. The fourth-order valence-electron chi connectivity index (χ4n) is 4.58. The lowest BCUT2D eigenvalue weighted by atomic mass is 9.95. The van der Waals surface area contributed by atoms with Crippen LogP contribution in [-0.4, -0.2) is 43.8 Å². The van der Waals surface area contributed by atoms with Crippen molar-refractivity contribution in [2.75, 3.05) is 19.0 Å². The van der Waals surface area contributed by atoms with Crippen LogP contribution in [0.4, 0.5) is 0 Å². The average Bonchev–Trinajstić information content (AvgIpc) is 3.32. The molecular weight excluding hydrogens is 460 g/mol. The summed E-state index contributed by atoms with van der Waals surface area (Å²) in [7, 11) is -3.25. The molecule has 2 aromatic carbocycles. The Bertz CT molecular complexity index is 1150. The van der Waals surface area contributed by atoms with E-state index in [2.05, 4.69) is 13.0 Å². The van der Waals surface area contributed by atoms with Crippen LogP contribution in [0.25, 0.3) is 6.08 Å². The highest BCUT2D eigenvalue weighted by molar-refractivity contribution is 7.92. The van der Waals surface area contributed by atoms with Crippen LogP contribution >= 0.6 is 11.6 Å². The number of phenols is 1. The third kappa shape index (κ3) is 5.62. The number of fused-ring (bicyclic) bond motifs is 1. The van der Waals surface area contributed by atoms with Gasteiger partial charge in [-0.05, 0) is 66.3 Å². The minimum Gasteiger partial charge on any atom is -0.508 e. The first-order valence-electron chi connectivity index (χ1n) is 11.3. The molecule has 1 N–H and O–H groups in total. The summed E-state index contributed by atoms with van der Waals surface area (Å²) in [5, 5.41) is 9.56. The number of para-hydroxylation sites is 1. The molecule has 0 aromatic heterocycles. The average molecular weight is 489 g/mol. The molecule has 2 aliphatic rings. The molecule has 2 atom stereocenters. The van der Waals surface area contributed by atoms with E-state index < -0.39 is 15.1 Å². The van der Waals surface area contributed by atoms with Gasteiger partial charge in [0.2, 0.25) is 0 Å². The lowest BCUT2D eigenvalue weighted by Crippen LogP contribution is -2.19. The van der Waals surface area contributed by atoms with Crippen LogP contribution in [-0.2, 0) is 14.6 Å². The monoisotopic (exact) mass is 488 g/mol. The summed E-state index contributed by atoms with van der Waals surface area (Å²) in [5.74, 6) is 0.903. The summed E-state index contributed by atoms with van der Waals surface area (Å²) in [5.41, 5.74) is 3.81. The molecule has 5 nitrogen and oxygen atoms in total. The largest absolute Gasteiger partial charge is 0.508 e. The van der Waals surface area contributed by atoms with E-state index in [1.807, 2.05) is 30.3 Å². The number of rotatable bonds is 9. The quantitative estimate of drug-likeness (QED) is 0.466. The first-order chi connectivity index (χ1) is 15.9. The van der Waals surface area contributed by atoms with Crippen molar-refractivity contribution >= 4 is 27.5 Å². The normalized spacial score (nSPS) is 21.9. The SMILES string of the molecule is CCC/C(=C\c1ccc(O)cc1Cl)CC[C@H]1OC[C@H]2C1=C(COc1ccccc1)CS2(=O)=O. The number of ether oxygens (including phenoxy) is 2. The lowest BCUT2D eigenvalue weighted by molar-refractivity contribution is 0.117. The number of phenolic OH excluding ortho intramolecular Hbond substituents is 1. The van der Waals surface area contributed by atoms with E-state index in [-0.39, 0.29) is 30.8 Å². The van der Waals surface area contributed by atoms with E-state index in [1.165, 1.54) is 11.6 Å². The van der Waals surface area contributed by atoms with Crippen molar-refractivity contribution in [1.82, 2.24) is 0 Å². The van der Waals surface area contributed by atoms with Crippen molar-refractivity contribution in [2.45, 2.75) is 44.0 Å². The zero-order valence-corrected chi connectivity index (χ0v) is 20.2. The van der Waals surface area contributed by atoms with Gasteiger partial charge in [-0.15, -0.1) is 0 Å². The van der Waals surface area contributed by atoms with Crippen LogP contribution < -0.4 is 4.74 Å². The van der Waals surface area contributed by atoms with Gasteiger partial charge >= 0.3 is 0 Å². The zero-order chi connectivity index (χ0) is 23.4. The second-order valence-corrected chi connectivity index (χ2v) is 11.2. The standard InChI is InChI=1S/C26H29ClO5S/c1-2-6-18(13-19-10-11-21(28)14-23(19)27)9-12-24-26-20(15-31-22-7-4-3-5-8-22)17-33(29,30)25(26)16-32-24/h3-5,7-8,10-11,13-14,24-25,28H,2,6,9,12,15-17H2,1H3/b18-13+/t24-,25+/m1/s1. The minimum atomic E-state index is -3.25. The second kappa shape index (κ2) is 10.3. The molecule has 33 heavy (non-hydrogen) atoms. The van der Waals surface area contributed by atoms with Gasteiger partial charge in [-0.25, -0.2) is 8.42 Å². The molecule has 1 saturated heterocycles. The maximum absolute atomic E-state index is 12.7. The van der Waals surface area contributed by atoms with Gasteiger partial charge in [0.1, 0.15) is 23.4 Å². The zero-order valence-electron chi connectivity index (χ0n) is 18.7. The molecular formula is C26H29ClO5S. The first kappa shape index (κ1) is 23.9. The Balaban J connectivity index is 1.50. The van der Waals surface area contributed by atoms with Crippen LogP contribution in [0.5, 0.6) is 11.5 Å². The highest BCUT2D eigenvalue weighted by Crippen LogP contribution is 2.39. The Morgan fingerprint density at radius 1 is 1.21 bits per heavy atom. The Hall–Kier alpha value is -2.28. The number of hydrogen-bond acceptors (Lipinski definition) is 5. The first-order valence-corrected chi connectivity index (χ1v) is 13.4. The van der Waals surface area contributed by atoms with Crippen molar-refractivity contribution in [2.24, 2.45) is 0 Å². The number of halogens is 1. The Labute approximate surface area is 200 Å². The van der Waals surface area contributed by atoms with Crippen molar-refractivity contribution in [3.05, 3.63) is 75.8 Å². The van der Waals surface area contributed by atoms with Crippen LogP contribution in [0, 0.1) is 0 Å². The fourth-order valence-corrected chi connectivity index (χ4v) is 6.74. The molecule has 0 unspecified atom stereocenters. The third-order valence-electron chi connectivity index (χ3n) is 6.16. The maximum Gasteiger partial charge on any atom is 0.163 e. The molecule has 0 aliphatic carbocycles. The summed E-state index contributed by atoms with van der Waals surface area (Å²) >= 11 is 6.29. The lowest BCUT2D eigenvalue weighted by Gasteiger charge is -2.16. The molecule has 2 aromatic rings. The molecule has 0 bridgehead atoms. The molecule has 176 valence electrons. The van der Waals surface area contributed by atoms with Crippen molar-refractivity contribution in [3.63, 3.8) is 0 Å². The van der Waals surface area contributed by atoms with Crippen LogP contribution in [0.15, 0.2) is 65.3 Å². The smallest absolute Gasteiger partial charge is 0.163 e. The summed E-state index contributed by atoms with van der Waals surface area (Å²) in [4.78, 5) is 0. The van der Waals surface area contributed by atoms with Crippen molar-refractivity contribution in [3.8, 4) is 11.5 Å². The van der Waals surface area contributed by atoms with Gasteiger partial charge in [0, 0.05) is 0 Å². The molecule has 0 spiro atoms. The van der Waals surface area contributed by atoms with Gasteiger partial charge in [-0.1, -0.05) is 54.8 Å². The van der Waals surface area contributed by atoms with Gasteiger partial charge in [0.05, 0.1) is 23.5 Å². The molecule has 2 heterocycles. The maximum atomic E-state index is 12.7. The van der Waals surface area contributed by atoms with Crippen LogP contribution in [0.1, 0.15) is 38.2 Å². The Morgan fingerprint density at radius 3 is 2.73 bits per heavy atom. The number of benzene rings is 2. The summed E-state index contributed by atoms with van der Waals surface area (Å²) < 4.78 is 37.3. The van der Waals surface area contributed by atoms with E-state index in [9.17, 15) is 13.5 Å². The number of sulfone groups is 1. The molecule has 0 saturated carbocycles. The van der Waals surface area contributed by atoms with E-state index >= 15 is 0 Å². The van der Waals surface area contributed by atoms with Gasteiger partial charge < -0.3 is 14.6 Å². The van der Waals surface area contributed by atoms with Gasteiger partial charge in [-0.3, -0.25) is 0 Å². The summed E-state index contributed by atoms with van der Waals surface area (Å²) in [6.07, 6.45) is 5.22. The fraction of sp³-hybridized carbons (Fsp3) is 0.385. The van der Waals surface area contributed by atoms with E-state index in [1.54, 1.807) is 12.1 Å². The molecule has 4 rings (SSSR count). The van der Waals surface area contributed by atoms with E-state index in [0.29, 0.717) is 11.4 Å². The predicted octanol–water partition coefficient (Wildman–Crippen LogP) is 5.58. The highest BCUT2D eigenvalue weighted by atomic mass is 35.5. The minimum absolute atomic E-state index is 0.0421. The predicted molar refractivity (Wildman–Crippen MR) is 132 cm³/mol. The number of hydrogen-bond donors (Lipinski definition) is 1. The number of allylic oxidation sites excluding steroid dienone is 1. The summed E-state index contributed by atoms with van der Waals surface area (Å²) in [6.45, 7) is 2.60. The van der Waals surface area contributed by atoms with E-state index in [4.69, 9.17) is 21.1 Å². The van der Waals surface area contributed by atoms with E-state index in [0.717, 1.165) is 41.7 Å². The highest BCUT2D eigenvalue weighted by Gasteiger charge is 2.46. The molecule has 1 fully saturated rings. The number of aromatic hydroxyl groups is 1.